The van der Waals surface area contributed by atoms with Crippen LogP contribution in [0.5, 0.6) is 0 Å². The molecule has 0 aliphatic carbocycles. The smallest absolute Gasteiger partial charge is 0.236 e. The average molecular weight is 201 g/mol. The summed E-state index contributed by atoms with van der Waals surface area (Å²) in [6.45, 7) is 5.62. The Hall–Kier alpha value is -1.10. The molecule has 0 aliphatic rings. The van der Waals surface area contributed by atoms with Crippen LogP contribution in [0.15, 0.2) is 0 Å². The average Bonchev–Trinajstić information content (AvgIpc) is 2.11. The molecular weight excluding hydrogens is 182 g/mol. The van der Waals surface area contributed by atoms with E-state index in [0.29, 0.717) is 0 Å². The van der Waals surface area contributed by atoms with Gasteiger partial charge in [0.15, 0.2) is 0 Å². The topological polar surface area (TPSA) is 75.4 Å². The van der Waals surface area contributed by atoms with Crippen LogP contribution in [-0.4, -0.2) is 42.4 Å². The Bertz CT molecular complexity index is 216. The first-order chi connectivity index (χ1) is 6.36. The molecule has 0 bridgehead atoms. The Labute approximate surface area is 84.6 Å². The Morgan fingerprint density at radius 3 is 2.21 bits per heavy atom. The number of carbonyl (C=O) groups excluding carboxylic acids is 2. The zero-order valence-electron chi connectivity index (χ0n) is 9.20. The Kier molecular flexibility index (Phi) is 5.15. The van der Waals surface area contributed by atoms with Crippen molar-refractivity contribution in [1.29, 1.82) is 0 Å². The SMILES string of the molecule is CC(NCC(=O)N(C)C(C)C)C(N)=O. The maximum absolute atomic E-state index is 11.4. The molecule has 0 radical (unpaired) electrons. The normalized spacial score (nSPS) is 12.6. The summed E-state index contributed by atoms with van der Waals surface area (Å²) in [5.74, 6) is -0.502. The maximum atomic E-state index is 11.4. The molecule has 0 fully saturated rings. The van der Waals surface area contributed by atoms with Gasteiger partial charge in [-0.05, 0) is 20.8 Å². The van der Waals surface area contributed by atoms with Crippen LogP contribution in [0.4, 0.5) is 0 Å². The van der Waals surface area contributed by atoms with E-state index in [1.807, 2.05) is 13.8 Å². The molecule has 0 aromatic heterocycles. The van der Waals surface area contributed by atoms with E-state index in [0.717, 1.165) is 0 Å². The first-order valence-corrected chi connectivity index (χ1v) is 4.64. The van der Waals surface area contributed by atoms with Gasteiger partial charge in [0.05, 0.1) is 12.6 Å². The van der Waals surface area contributed by atoms with Crippen molar-refractivity contribution >= 4 is 11.8 Å². The first kappa shape index (κ1) is 12.9. The standard InChI is InChI=1S/C9H19N3O2/c1-6(2)12(4)8(13)5-11-7(3)9(10)14/h6-7,11H,5H2,1-4H3,(H2,10,14). The van der Waals surface area contributed by atoms with Gasteiger partial charge in [0.1, 0.15) is 0 Å². The van der Waals surface area contributed by atoms with Crippen molar-refractivity contribution in [1.82, 2.24) is 10.2 Å². The fourth-order valence-electron chi connectivity index (χ4n) is 0.754. The van der Waals surface area contributed by atoms with Gasteiger partial charge in [-0.25, -0.2) is 0 Å². The second kappa shape index (κ2) is 5.59. The van der Waals surface area contributed by atoms with Gasteiger partial charge in [0, 0.05) is 13.1 Å². The summed E-state index contributed by atoms with van der Waals surface area (Å²) in [4.78, 5) is 23.7. The van der Waals surface area contributed by atoms with Crippen molar-refractivity contribution in [3.63, 3.8) is 0 Å². The van der Waals surface area contributed by atoms with E-state index < -0.39 is 11.9 Å². The largest absolute Gasteiger partial charge is 0.368 e. The van der Waals surface area contributed by atoms with Crippen molar-refractivity contribution in [2.75, 3.05) is 13.6 Å². The van der Waals surface area contributed by atoms with Crippen LogP contribution in [0.25, 0.3) is 0 Å². The van der Waals surface area contributed by atoms with Gasteiger partial charge >= 0.3 is 0 Å². The molecule has 5 heteroatoms. The number of amides is 2. The maximum Gasteiger partial charge on any atom is 0.236 e. The zero-order valence-corrected chi connectivity index (χ0v) is 9.20. The van der Waals surface area contributed by atoms with Crippen LogP contribution in [-0.2, 0) is 9.59 Å². The van der Waals surface area contributed by atoms with Crippen molar-refractivity contribution in [2.45, 2.75) is 32.9 Å². The second-order valence-corrected chi connectivity index (χ2v) is 3.60. The summed E-state index contributed by atoms with van der Waals surface area (Å²) < 4.78 is 0. The highest BCUT2D eigenvalue weighted by Gasteiger charge is 2.14. The number of hydrogen-bond acceptors (Lipinski definition) is 3. The van der Waals surface area contributed by atoms with Crippen molar-refractivity contribution in [2.24, 2.45) is 5.73 Å². The van der Waals surface area contributed by atoms with Gasteiger partial charge in [0.2, 0.25) is 11.8 Å². The summed E-state index contributed by atoms with van der Waals surface area (Å²) >= 11 is 0. The monoisotopic (exact) mass is 201 g/mol. The quantitative estimate of drug-likeness (QED) is 0.618. The van der Waals surface area contributed by atoms with E-state index >= 15 is 0 Å². The molecule has 0 saturated carbocycles. The van der Waals surface area contributed by atoms with Crippen molar-refractivity contribution in [3.05, 3.63) is 0 Å². The van der Waals surface area contributed by atoms with Crippen LogP contribution < -0.4 is 11.1 Å². The van der Waals surface area contributed by atoms with Gasteiger partial charge in [-0.3, -0.25) is 14.9 Å². The molecule has 0 saturated heterocycles. The fourth-order valence-corrected chi connectivity index (χ4v) is 0.754. The fraction of sp³-hybridized carbons (Fsp3) is 0.778. The van der Waals surface area contributed by atoms with E-state index in [1.165, 1.54) is 0 Å². The van der Waals surface area contributed by atoms with Crippen LogP contribution >= 0.6 is 0 Å². The second-order valence-electron chi connectivity index (χ2n) is 3.60. The zero-order chi connectivity index (χ0) is 11.3. The molecule has 0 aromatic rings. The Morgan fingerprint density at radius 1 is 1.36 bits per heavy atom. The highest BCUT2D eigenvalue weighted by Crippen LogP contribution is 1.93. The van der Waals surface area contributed by atoms with Crippen molar-refractivity contribution < 1.29 is 9.59 Å². The third kappa shape index (κ3) is 4.23. The highest BCUT2D eigenvalue weighted by molar-refractivity contribution is 5.82. The molecule has 0 heterocycles. The molecule has 14 heavy (non-hydrogen) atoms. The third-order valence-electron chi connectivity index (χ3n) is 2.15. The van der Waals surface area contributed by atoms with E-state index in [1.54, 1.807) is 18.9 Å². The van der Waals surface area contributed by atoms with Crippen LogP contribution in [0.1, 0.15) is 20.8 Å². The van der Waals surface area contributed by atoms with E-state index in [9.17, 15) is 9.59 Å². The summed E-state index contributed by atoms with van der Waals surface area (Å²) in [5, 5.41) is 2.75. The molecule has 0 aromatic carbocycles. The summed E-state index contributed by atoms with van der Waals surface area (Å²) in [5.41, 5.74) is 5.03. The molecule has 0 spiro atoms. The van der Waals surface area contributed by atoms with Gasteiger partial charge in [-0.2, -0.15) is 0 Å². The predicted octanol–water partition coefficient (Wildman–Crippen LogP) is -0.683. The van der Waals surface area contributed by atoms with E-state index in [2.05, 4.69) is 5.32 Å². The molecule has 1 unspecified atom stereocenters. The number of likely N-dealkylation sites (N-methyl/N-ethyl adjacent to an activating group) is 1. The van der Waals surface area contributed by atoms with E-state index in [-0.39, 0.29) is 18.5 Å². The molecule has 82 valence electrons. The minimum absolute atomic E-state index is 0.0481. The van der Waals surface area contributed by atoms with Gasteiger partial charge in [-0.15, -0.1) is 0 Å². The minimum Gasteiger partial charge on any atom is -0.368 e. The predicted molar refractivity (Wildman–Crippen MR) is 54.6 cm³/mol. The lowest BCUT2D eigenvalue weighted by molar-refractivity contribution is -0.130. The van der Waals surface area contributed by atoms with Crippen molar-refractivity contribution in [3.8, 4) is 0 Å². The molecule has 1 atom stereocenters. The van der Waals surface area contributed by atoms with Crippen LogP contribution in [0.2, 0.25) is 0 Å². The molecule has 3 N–H and O–H groups in total. The molecule has 0 aliphatic heterocycles. The molecule has 2 amide bonds. The number of primary amides is 1. The number of nitrogens with zero attached hydrogens (tertiary/aromatic N) is 1. The molecule has 0 rings (SSSR count). The van der Waals surface area contributed by atoms with Crippen LogP contribution in [0, 0.1) is 0 Å². The first-order valence-electron chi connectivity index (χ1n) is 4.64. The van der Waals surface area contributed by atoms with E-state index in [4.69, 9.17) is 5.73 Å². The number of nitrogens with two attached hydrogens (primary N) is 1. The number of hydrogen-bond donors (Lipinski definition) is 2. The number of rotatable bonds is 5. The van der Waals surface area contributed by atoms with Gasteiger partial charge in [0.25, 0.3) is 0 Å². The third-order valence-corrected chi connectivity index (χ3v) is 2.15. The lowest BCUT2D eigenvalue weighted by atomic mass is 10.3. The lowest BCUT2D eigenvalue weighted by Gasteiger charge is -2.22. The minimum atomic E-state index is -0.473. The Morgan fingerprint density at radius 2 is 1.86 bits per heavy atom. The molecule has 5 nitrogen and oxygen atoms in total. The molecular formula is C9H19N3O2. The van der Waals surface area contributed by atoms with Crippen LogP contribution in [0.3, 0.4) is 0 Å². The highest BCUT2D eigenvalue weighted by atomic mass is 16.2. The lowest BCUT2D eigenvalue weighted by Crippen LogP contribution is -2.45. The van der Waals surface area contributed by atoms with Gasteiger partial charge in [-0.1, -0.05) is 0 Å². The number of carbonyl (C=O) groups is 2. The summed E-state index contributed by atoms with van der Waals surface area (Å²) in [7, 11) is 1.73. The Balaban J connectivity index is 3.91. The summed E-state index contributed by atoms with van der Waals surface area (Å²) in [6, 6.07) is -0.312. The number of nitrogens with one attached hydrogen (secondary N) is 1. The van der Waals surface area contributed by atoms with Gasteiger partial charge < -0.3 is 10.6 Å². The summed E-state index contributed by atoms with van der Waals surface area (Å²) in [6.07, 6.45) is 0.